The molecule has 1 atom stereocenters. The van der Waals surface area contributed by atoms with E-state index in [-0.39, 0.29) is 29.8 Å². The number of aromatic nitrogens is 2. The maximum absolute atomic E-state index is 12.7. The van der Waals surface area contributed by atoms with Crippen LogP contribution in [0.25, 0.3) is 0 Å². The van der Waals surface area contributed by atoms with Gasteiger partial charge in [-0.15, -0.1) is 10.2 Å². The van der Waals surface area contributed by atoms with Gasteiger partial charge in [0.05, 0.1) is 11.5 Å². The minimum absolute atomic E-state index is 0.0373. The Morgan fingerprint density at radius 3 is 2.62 bits per heavy atom. The maximum Gasteiger partial charge on any atom is 0.227 e. The smallest absolute Gasteiger partial charge is 0.227 e. The first-order chi connectivity index (χ1) is 16.3. The fourth-order valence-corrected chi connectivity index (χ4v) is 6.15. The van der Waals surface area contributed by atoms with Crippen molar-refractivity contribution in [2.24, 2.45) is 0 Å². The highest BCUT2D eigenvalue weighted by molar-refractivity contribution is 7.90. The number of hydrogen-bond acceptors (Lipinski definition) is 7. The molecule has 1 saturated heterocycles. The number of nitrogens with zero attached hydrogens (tertiary/aromatic N) is 3. The quantitative estimate of drug-likeness (QED) is 0.483. The van der Waals surface area contributed by atoms with Crippen molar-refractivity contribution in [3.63, 3.8) is 0 Å². The molecule has 4 rings (SSSR count). The van der Waals surface area contributed by atoms with Crippen molar-refractivity contribution < 1.29 is 18.0 Å². The molecule has 0 unspecified atom stereocenters. The van der Waals surface area contributed by atoms with Crippen molar-refractivity contribution in [2.75, 3.05) is 22.5 Å². The third kappa shape index (κ3) is 5.87. The molecule has 1 aliphatic rings. The van der Waals surface area contributed by atoms with E-state index in [2.05, 4.69) is 22.4 Å². The van der Waals surface area contributed by atoms with Crippen LogP contribution in [0.1, 0.15) is 41.8 Å². The molecular weight excluding hydrogens is 472 g/mol. The average molecular weight is 499 g/mol. The molecule has 1 N–H and O–H groups in total. The molecule has 0 radical (unpaired) electrons. The SMILES string of the molecule is CCc1ccccc1N1C[C@H](c2nnc(NC(=O)CCS(=O)(=O)Cc3ccccc3)s2)CC1=O. The van der Waals surface area contributed by atoms with Gasteiger partial charge in [0.25, 0.3) is 0 Å². The van der Waals surface area contributed by atoms with Crippen molar-refractivity contribution >= 4 is 43.8 Å². The van der Waals surface area contributed by atoms with Crippen LogP contribution in [0.2, 0.25) is 0 Å². The van der Waals surface area contributed by atoms with Gasteiger partial charge in [-0.2, -0.15) is 0 Å². The molecule has 2 aromatic carbocycles. The molecule has 1 aromatic heterocycles. The van der Waals surface area contributed by atoms with E-state index in [0.717, 1.165) is 17.7 Å². The van der Waals surface area contributed by atoms with E-state index in [4.69, 9.17) is 0 Å². The van der Waals surface area contributed by atoms with E-state index in [9.17, 15) is 18.0 Å². The van der Waals surface area contributed by atoms with Crippen molar-refractivity contribution in [3.05, 3.63) is 70.7 Å². The molecule has 178 valence electrons. The third-order valence-corrected chi connectivity index (χ3v) is 8.29. The Morgan fingerprint density at radius 2 is 1.85 bits per heavy atom. The highest BCUT2D eigenvalue weighted by atomic mass is 32.2. The first-order valence-corrected chi connectivity index (χ1v) is 13.7. The second-order valence-corrected chi connectivity index (χ2v) is 11.4. The lowest BCUT2D eigenvalue weighted by atomic mass is 10.1. The number of nitrogens with one attached hydrogen (secondary N) is 1. The van der Waals surface area contributed by atoms with Crippen molar-refractivity contribution in [3.8, 4) is 0 Å². The van der Waals surface area contributed by atoms with E-state index >= 15 is 0 Å². The molecular formula is C24H26N4O4S2. The maximum atomic E-state index is 12.7. The second-order valence-electron chi connectivity index (χ2n) is 8.21. The van der Waals surface area contributed by atoms with Gasteiger partial charge in [0.15, 0.2) is 9.84 Å². The lowest BCUT2D eigenvalue weighted by Crippen LogP contribution is -2.25. The van der Waals surface area contributed by atoms with Gasteiger partial charge in [-0.1, -0.05) is 66.8 Å². The average Bonchev–Trinajstić information content (AvgIpc) is 3.44. The molecule has 8 nitrogen and oxygen atoms in total. The number of sulfone groups is 1. The lowest BCUT2D eigenvalue weighted by molar-refractivity contribution is -0.117. The minimum Gasteiger partial charge on any atom is -0.311 e. The minimum atomic E-state index is -3.41. The zero-order valence-corrected chi connectivity index (χ0v) is 20.4. The topological polar surface area (TPSA) is 109 Å². The molecule has 1 fully saturated rings. The molecule has 0 saturated carbocycles. The Morgan fingerprint density at radius 1 is 1.12 bits per heavy atom. The number of carbonyl (C=O) groups excluding carboxylic acids is 2. The Labute approximate surface area is 202 Å². The number of benzene rings is 2. The van der Waals surface area contributed by atoms with Crippen molar-refractivity contribution in [2.45, 2.75) is 37.9 Å². The Kier molecular flexibility index (Phi) is 7.38. The van der Waals surface area contributed by atoms with Crippen LogP contribution < -0.4 is 10.2 Å². The van der Waals surface area contributed by atoms with Gasteiger partial charge in [-0.25, -0.2) is 8.42 Å². The fourth-order valence-electron chi connectivity index (χ4n) is 3.96. The fraction of sp³-hybridized carbons (Fsp3) is 0.333. The summed E-state index contributed by atoms with van der Waals surface area (Å²) in [5.41, 5.74) is 2.73. The Hall–Kier alpha value is -3.11. The van der Waals surface area contributed by atoms with Crippen LogP contribution >= 0.6 is 11.3 Å². The highest BCUT2D eigenvalue weighted by Gasteiger charge is 2.34. The third-order valence-electron chi connectivity index (χ3n) is 5.69. The largest absolute Gasteiger partial charge is 0.311 e. The van der Waals surface area contributed by atoms with Gasteiger partial charge in [0, 0.05) is 31.0 Å². The number of para-hydroxylation sites is 1. The second kappa shape index (κ2) is 10.4. The normalized spacial score (nSPS) is 16.1. The Bertz CT molecular complexity index is 1270. The van der Waals surface area contributed by atoms with E-state index < -0.39 is 15.7 Å². The first-order valence-electron chi connectivity index (χ1n) is 11.1. The summed E-state index contributed by atoms with van der Waals surface area (Å²) in [6, 6.07) is 16.7. The molecule has 0 bridgehead atoms. The van der Waals surface area contributed by atoms with Crippen LogP contribution in [0, 0.1) is 0 Å². The molecule has 10 heteroatoms. The van der Waals surface area contributed by atoms with E-state index in [1.165, 1.54) is 11.3 Å². The summed E-state index contributed by atoms with van der Waals surface area (Å²) in [7, 11) is -3.41. The monoisotopic (exact) mass is 498 g/mol. The van der Waals surface area contributed by atoms with Crippen LogP contribution in [-0.2, 0) is 31.6 Å². The van der Waals surface area contributed by atoms with Gasteiger partial charge >= 0.3 is 0 Å². The first kappa shape index (κ1) is 24.0. The summed E-state index contributed by atoms with van der Waals surface area (Å²) in [5, 5.41) is 11.8. The predicted molar refractivity (Wildman–Crippen MR) is 133 cm³/mol. The Balaban J connectivity index is 1.33. The summed E-state index contributed by atoms with van der Waals surface area (Å²) < 4.78 is 24.6. The van der Waals surface area contributed by atoms with Crippen molar-refractivity contribution in [1.29, 1.82) is 0 Å². The molecule has 0 spiro atoms. The van der Waals surface area contributed by atoms with E-state index in [1.807, 2.05) is 30.3 Å². The molecule has 0 aliphatic carbocycles. The summed E-state index contributed by atoms with van der Waals surface area (Å²) in [6.45, 7) is 2.57. The molecule has 34 heavy (non-hydrogen) atoms. The van der Waals surface area contributed by atoms with Crippen LogP contribution in [0.15, 0.2) is 54.6 Å². The van der Waals surface area contributed by atoms with Crippen molar-refractivity contribution in [1.82, 2.24) is 10.2 Å². The molecule has 2 amide bonds. The number of amides is 2. The summed E-state index contributed by atoms with van der Waals surface area (Å²) in [6.07, 6.45) is 1.01. The predicted octanol–water partition coefficient (Wildman–Crippen LogP) is 3.56. The molecule has 2 heterocycles. The van der Waals surface area contributed by atoms with Gasteiger partial charge in [0.1, 0.15) is 5.01 Å². The summed E-state index contributed by atoms with van der Waals surface area (Å²) in [5.74, 6) is -0.845. The number of anilines is 2. The van der Waals surface area contributed by atoms with Gasteiger partial charge in [-0.05, 0) is 23.6 Å². The number of aryl methyl sites for hydroxylation is 1. The van der Waals surface area contributed by atoms with Crippen LogP contribution in [0.3, 0.4) is 0 Å². The standard InChI is InChI=1S/C24H26N4O4S2/c1-2-18-10-6-7-11-20(18)28-15-19(14-22(28)30)23-26-27-24(33-23)25-21(29)12-13-34(31,32)16-17-8-4-3-5-9-17/h3-11,19H,2,12-16H2,1H3,(H,25,27,29)/t19-/m1/s1. The van der Waals surface area contributed by atoms with Crippen LogP contribution in [0.4, 0.5) is 10.8 Å². The zero-order valence-electron chi connectivity index (χ0n) is 18.8. The number of carbonyl (C=O) groups is 2. The van der Waals surface area contributed by atoms with Crippen LogP contribution in [-0.4, -0.2) is 42.7 Å². The van der Waals surface area contributed by atoms with Gasteiger partial charge < -0.3 is 10.2 Å². The van der Waals surface area contributed by atoms with E-state index in [1.54, 1.807) is 29.2 Å². The zero-order chi connectivity index (χ0) is 24.1. The van der Waals surface area contributed by atoms with Gasteiger partial charge in [0.2, 0.25) is 16.9 Å². The van der Waals surface area contributed by atoms with Crippen LogP contribution in [0.5, 0.6) is 0 Å². The summed E-state index contributed by atoms with van der Waals surface area (Å²) in [4.78, 5) is 26.8. The number of hydrogen-bond donors (Lipinski definition) is 1. The summed E-state index contributed by atoms with van der Waals surface area (Å²) >= 11 is 1.22. The van der Waals surface area contributed by atoms with E-state index in [0.29, 0.717) is 28.7 Å². The molecule has 3 aromatic rings. The lowest BCUT2D eigenvalue weighted by Gasteiger charge is -2.19. The molecule has 1 aliphatic heterocycles. The van der Waals surface area contributed by atoms with Gasteiger partial charge in [-0.3, -0.25) is 9.59 Å². The highest BCUT2D eigenvalue weighted by Crippen LogP contribution is 2.35. The number of rotatable bonds is 9.